The van der Waals surface area contributed by atoms with E-state index in [-0.39, 0.29) is 71.1 Å². The van der Waals surface area contributed by atoms with E-state index in [0.29, 0.717) is 145 Å². The van der Waals surface area contributed by atoms with E-state index < -0.39 is 18.2 Å². The summed E-state index contributed by atoms with van der Waals surface area (Å²) in [6.45, 7) is 51.1. The van der Waals surface area contributed by atoms with Gasteiger partial charge in [-0.2, -0.15) is 0 Å². The lowest BCUT2D eigenvalue weighted by Gasteiger charge is -2.25. The monoisotopic (exact) mass is 1320 g/mol. The van der Waals surface area contributed by atoms with Crippen LogP contribution >= 0.6 is 0 Å². The van der Waals surface area contributed by atoms with Gasteiger partial charge in [0.05, 0.1) is 144 Å². The Kier molecular flexibility index (Phi) is 77.0. The predicted molar refractivity (Wildman–Crippen MR) is 355 cm³/mol. The van der Waals surface area contributed by atoms with Gasteiger partial charge in [-0.15, -0.1) is 62.8 Å². The number of unbranched alkanes of at least 4 members (excludes halogenated alkanes) is 1. The fraction of sp³-hybridized carbons (Fsp3) is 0.818. The lowest BCUT2D eigenvalue weighted by molar-refractivity contribution is -0.338. The van der Waals surface area contributed by atoms with Gasteiger partial charge in [-0.3, -0.25) is 0 Å². The summed E-state index contributed by atoms with van der Waals surface area (Å²) in [5.41, 5.74) is 1.63. The van der Waals surface area contributed by atoms with E-state index in [1.807, 2.05) is 44.8 Å². The van der Waals surface area contributed by atoms with E-state index in [4.69, 9.17) is 95.9 Å². The van der Waals surface area contributed by atoms with Gasteiger partial charge in [-0.1, -0.05) is 65.8 Å². The van der Waals surface area contributed by atoms with E-state index >= 15 is 0 Å². The van der Waals surface area contributed by atoms with Crippen LogP contribution in [0.4, 0.5) is 0 Å². The number of nitrogens with zero attached hydrogens (tertiary/aromatic N) is 6. The molecule has 0 aliphatic carbocycles. The van der Waals surface area contributed by atoms with Crippen LogP contribution in [0.5, 0.6) is 0 Å². The Bertz CT molecular complexity index is 1600. The molecule has 0 N–H and O–H groups in total. The van der Waals surface area contributed by atoms with Gasteiger partial charge in [0.15, 0.2) is 0 Å². The van der Waals surface area contributed by atoms with Crippen LogP contribution in [0.1, 0.15) is 143 Å². The summed E-state index contributed by atoms with van der Waals surface area (Å²) in [7, 11) is 0. The van der Waals surface area contributed by atoms with Crippen molar-refractivity contribution in [3.05, 3.63) is 76.4 Å². The number of ether oxygens (including phenoxy) is 12. The first-order chi connectivity index (χ1) is 45.4. The van der Waals surface area contributed by atoms with Crippen molar-refractivity contribution in [2.75, 3.05) is 185 Å². The molecule has 0 atom stereocenters. The topological polar surface area (TPSA) is 246 Å². The van der Waals surface area contributed by atoms with Crippen LogP contribution < -0.4 is 0 Å². The Morgan fingerprint density at radius 3 is 0.750 bits per heavy atom. The largest absolute Gasteiger partial charge is 0.379 e. The number of hydrogen-bond acceptors (Lipinski definition) is 24. The molecular formula is C66H128N6O20. The second kappa shape index (κ2) is 76.5. The number of hydrogen-bond donors (Lipinski definition) is 0. The third kappa shape index (κ3) is 56.8. The van der Waals surface area contributed by atoms with Gasteiger partial charge in [0.25, 0.3) is 0 Å². The number of aryl methyl sites for hydroxylation is 2. The van der Waals surface area contributed by atoms with E-state index in [0.717, 1.165) is 75.6 Å². The zero-order chi connectivity index (χ0) is 68.4. The molecule has 0 aliphatic rings. The van der Waals surface area contributed by atoms with Gasteiger partial charge in [-0.25, -0.2) is 48.5 Å². The zero-order valence-corrected chi connectivity index (χ0v) is 58.4. The van der Waals surface area contributed by atoms with Gasteiger partial charge in [0, 0.05) is 38.8 Å². The average molecular weight is 1330 g/mol. The molecule has 0 spiro atoms. The van der Waals surface area contributed by atoms with E-state index in [2.05, 4.69) is 101 Å². The maximum absolute atomic E-state index is 6.57. The lowest BCUT2D eigenvalue weighted by atomic mass is 10.1. The van der Waals surface area contributed by atoms with Crippen LogP contribution in [0, 0.1) is 0 Å². The fourth-order valence-electron chi connectivity index (χ4n) is 7.17. The van der Waals surface area contributed by atoms with Crippen molar-refractivity contribution >= 4 is 0 Å². The highest BCUT2D eigenvalue weighted by molar-refractivity contribution is 4.97. The molecule has 2 aromatic heterocycles. The van der Waals surface area contributed by atoms with E-state index in [1.165, 1.54) is 0 Å². The van der Waals surface area contributed by atoms with Crippen molar-refractivity contribution in [1.29, 1.82) is 0 Å². The molecule has 26 heteroatoms. The van der Waals surface area contributed by atoms with Crippen molar-refractivity contribution in [3.8, 4) is 0 Å². The van der Waals surface area contributed by atoms with E-state index in [9.17, 15) is 0 Å². The molecule has 0 amide bonds. The first-order valence-corrected chi connectivity index (χ1v) is 33.3. The molecule has 2 aromatic rings. The second-order valence-corrected chi connectivity index (χ2v) is 19.9. The standard InChI is InChI=1S/C58H112N6O20.4C2H4/c1-9-21-65-29-33-69-43-55(44-70-34-30-66-22-10-2)73-39-53(40-74-56(45-71-35-31-67-23-11-3)46-72-36-32-68-24-12-4)63-37-51(59-61-63)19-17-18-20-52-38-64(62-60-52)54(41-75-57(47-81-77-25-13-5)48-82-78-26-14-6)42-76-58(49-83-79-27-15-7)50-84-80-28-16-8;4*1-2/h37-38,53-58H,9-36,39-50H2,1-8H3;4*1-2H2. The minimum absolute atomic E-state index is 0.114. The first kappa shape index (κ1) is 92.6. The lowest BCUT2D eigenvalue weighted by Crippen LogP contribution is -2.34. The van der Waals surface area contributed by atoms with Crippen molar-refractivity contribution in [2.45, 2.75) is 169 Å². The molecule has 0 bridgehead atoms. The van der Waals surface area contributed by atoms with Crippen LogP contribution in [0.25, 0.3) is 0 Å². The Hall–Kier alpha value is -3.56. The normalized spacial score (nSPS) is 11.3. The van der Waals surface area contributed by atoms with Crippen molar-refractivity contribution in [3.63, 3.8) is 0 Å². The molecule has 0 saturated heterocycles. The maximum atomic E-state index is 6.57. The van der Waals surface area contributed by atoms with Crippen molar-refractivity contribution in [2.24, 2.45) is 0 Å². The van der Waals surface area contributed by atoms with Crippen LogP contribution in [-0.2, 0) is 109 Å². The minimum atomic E-state index is -0.527. The molecule has 2 heterocycles. The Morgan fingerprint density at radius 2 is 0.511 bits per heavy atom. The van der Waals surface area contributed by atoms with E-state index in [1.54, 1.807) is 4.68 Å². The number of rotatable bonds is 67. The van der Waals surface area contributed by atoms with Gasteiger partial charge in [-0.05, 0) is 77.0 Å². The molecule has 0 fully saturated rings. The summed E-state index contributed by atoms with van der Waals surface area (Å²) < 4.78 is 76.1. The molecular weight excluding hydrogens is 1200 g/mol. The van der Waals surface area contributed by atoms with Crippen LogP contribution in [0.15, 0.2) is 65.0 Å². The fourth-order valence-corrected chi connectivity index (χ4v) is 7.17. The van der Waals surface area contributed by atoms with Crippen LogP contribution in [0.2, 0.25) is 0 Å². The maximum Gasteiger partial charge on any atom is 0.111 e. The molecule has 0 unspecified atom stereocenters. The molecule has 0 radical (unpaired) electrons. The average Bonchev–Trinajstić information content (AvgIpc) is 2.05. The highest BCUT2D eigenvalue weighted by Gasteiger charge is 2.24. The third-order valence-electron chi connectivity index (χ3n) is 11.7. The molecule has 0 aliphatic heterocycles. The summed E-state index contributed by atoms with van der Waals surface area (Å²) in [6, 6.07) is -0.795. The highest BCUT2D eigenvalue weighted by atomic mass is 17.2. The van der Waals surface area contributed by atoms with Gasteiger partial charge < -0.3 is 56.8 Å². The molecule has 26 nitrogen and oxygen atoms in total. The first-order valence-electron chi connectivity index (χ1n) is 33.3. The highest BCUT2D eigenvalue weighted by Crippen LogP contribution is 2.17. The van der Waals surface area contributed by atoms with Crippen LogP contribution in [0.3, 0.4) is 0 Å². The molecule has 0 saturated carbocycles. The summed E-state index contributed by atoms with van der Waals surface area (Å²) in [6.07, 6.45) is 12.0. The summed E-state index contributed by atoms with van der Waals surface area (Å²) in [5, 5.41) is 18.3. The molecule has 92 heavy (non-hydrogen) atoms. The van der Waals surface area contributed by atoms with Crippen molar-refractivity contribution < 1.29 is 95.9 Å². The quantitative estimate of drug-likeness (QED) is 0.0258. The SMILES string of the molecule is C=C.C=C.C=C.C=C.CCCOCCOCC(COCCOCCC)OCC(COC(COCCOCCC)COCCOCCC)n1cc(CCCCc2cn(C(COC(COOCCC)COOCCC)COC(COOCCC)COOCCC)nn2)nn1. The van der Waals surface area contributed by atoms with Gasteiger partial charge >= 0.3 is 0 Å². The second-order valence-electron chi connectivity index (χ2n) is 19.9. The number of aromatic nitrogens is 6. The zero-order valence-electron chi connectivity index (χ0n) is 58.4. The Balaban J connectivity index is -0.00000950. The van der Waals surface area contributed by atoms with Gasteiger partial charge in [0.2, 0.25) is 0 Å². The Labute approximate surface area is 554 Å². The van der Waals surface area contributed by atoms with Gasteiger partial charge in [0.1, 0.15) is 62.9 Å². The molecule has 0 aromatic carbocycles. The third-order valence-corrected chi connectivity index (χ3v) is 11.7. The molecule has 2 rings (SSSR count). The Morgan fingerprint density at radius 1 is 0.283 bits per heavy atom. The summed E-state index contributed by atoms with van der Waals surface area (Å²) in [5.74, 6) is 0. The van der Waals surface area contributed by atoms with Crippen LogP contribution in [-0.4, -0.2) is 239 Å². The minimum Gasteiger partial charge on any atom is -0.379 e. The predicted octanol–water partition coefficient (Wildman–Crippen LogP) is 10.5. The van der Waals surface area contributed by atoms with Crippen molar-refractivity contribution in [1.82, 2.24) is 30.0 Å². The summed E-state index contributed by atoms with van der Waals surface area (Å²) >= 11 is 0. The smallest absolute Gasteiger partial charge is 0.111 e. The molecule has 542 valence electrons. The summed E-state index contributed by atoms with van der Waals surface area (Å²) in [4.78, 5) is 43.0.